The molecule has 0 spiro atoms. The first-order valence-corrected chi connectivity index (χ1v) is 6.28. The van der Waals surface area contributed by atoms with Crippen molar-refractivity contribution in [3.8, 4) is 0 Å². The van der Waals surface area contributed by atoms with E-state index >= 15 is 0 Å². The zero-order valence-electron chi connectivity index (χ0n) is 9.75. The summed E-state index contributed by atoms with van der Waals surface area (Å²) >= 11 is 0. The molecule has 0 saturated heterocycles. The van der Waals surface area contributed by atoms with Crippen LogP contribution in [0.5, 0.6) is 0 Å². The third-order valence-corrected chi connectivity index (χ3v) is 3.94. The van der Waals surface area contributed by atoms with E-state index in [1.165, 1.54) is 31.7 Å². The van der Waals surface area contributed by atoms with Crippen molar-refractivity contribution in [1.82, 2.24) is 4.98 Å². The number of nitrogens with two attached hydrogens (primary N) is 1. The average molecular weight is 232 g/mol. The van der Waals surface area contributed by atoms with Crippen molar-refractivity contribution >= 4 is 10.9 Å². The molecule has 0 aliphatic heterocycles. The Labute approximate surface area is 100 Å². The standard InChI is InChI=1S/C14H17FN2/c15-10-5-6-13-11(7-10)12(8-17-13)14(16)9-3-1-2-4-9/h5-9,14,17H,1-4,16H2. The third kappa shape index (κ3) is 1.84. The predicted molar refractivity (Wildman–Crippen MR) is 67.1 cm³/mol. The van der Waals surface area contributed by atoms with Crippen LogP contribution in [0.1, 0.15) is 37.3 Å². The van der Waals surface area contributed by atoms with E-state index in [-0.39, 0.29) is 11.9 Å². The first-order chi connectivity index (χ1) is 8.25. The van der Waals surface area contributed by atoms with Crippen molar-refractivity contribution < 1.29 is 4.39 Å². The van der Waals surface area contributed by atoms with Crippen LogP contribution in [0.2, 0.25) is 0 Å². The number of aromatic nitrogens is 1. The maximum atomic E-state index is 13.3. The van der Waals surface area contributed by atoms with Crippen molar-refractivity contribution in [2.24, 2.45) is 11.7 Å². The topological polar surface area (TPSA) is 41.8 Å². The Hall–Kier alpha value is -1.35. The van der Waals surface area contributed by atoms with Crippen molar-refractivity contribution in [3.05, 3.63) is 35.8 Å². The molecule has 2 aromatic rings. The van der Waals surface area contributed by atoms with Crippen molar-refractivity contribution in [3.63, 3.8) is 0 Å². The van der Waals surface area contributed by atoms with E-state index in [4.69, 9.17) is 5.73 Å². The van der Waals surface area contributed by atoms with Crippen molar-refractivity contribution in [1.29, 1.82) is 0 Å². The first-order valence-electron chi connectivity index (χ1n) is 6.28. The van der Waals surface area contributed by atoms with Gasteiger partial charge in [0.2, 0.25) is 0 Å². The number of aromatic amines is 1. The summed E-state index contributed by atoms with van der Waals surface area (Å²) in [4.78, 5) is 3.17. The molecule has 1 aromatic heterocycles. The van der Waals surface area contributed by atoms with Crippen molar-refractivity contribution in [2.75, 3.05) is 0 Å². The van der Waals surface area contributed by atoms with Gasteiger partial charge in [-0.15, -0.1) is 0 Å². The minimum absolute atomic E-state index is 0.0352. The molecule has 1 fully saturated rings. The molecule has 0 amide bonds. The molecule has 1 unspecified atom stereocenters. The molecule has 1 aliphatic carbocycles. The Bertz CT molecular complexity index is 526. The van der Waals surface area contributed by atoms with Gasteiger partial charge in [-0.3, -0.25) is 0 Å². The van der Waals surface area contributed by atoms with E-state index in [9.17, 15) is 4.39 Å². The lowest BCUT2D eigenvalue weighted by atomic mass is 9.92. The molecular weight excluding hydrogens is 215 g/mol. The van der Waals surface area contributed by atoms with Crippen molar-refractivity contribution in [2.45, 2.75) is 31.7 Å². The van der Waals surface area contributed by atoms with Crippen LogP contribution in [0.25, 0.3) is 10.9 Å². The number of H-pyrrole nitrogens is 1. The summed E-state index contributed by atoms with van der Waals surface area (Å²) in [5.74, 6) is 0.356. The Kier molecular flexibility index (Phi) is 2.63. The highest BCUT2D eigenvalue weighted by atomic mass is 19.1. The smallest absolute Gasteiger partial charge is 0.123 e. The highest BCUT2D eigenvalue weighted by molar-refractivity contribution is 5.83. The molecule has 0 bridgehead atoms. The molecule has 17 heavy (non-hydrogen) atoms. The maximum absolute atomic E-state index is 13.3. The van der Waals surface area contributed by atoms with Gasteiger partial charge in [0, 0.05) is 23.1 Å². The van der Waals surface area contributed by atoms with E-state index in [1.54, 1.807) is 12.1 Å². The van der Waals surface area contributed by atoms with Gasteiger partial charge >= 0.3 is 0 Å². The molecule has 2 nitrogen and oxygen atoms in total. The lowest BCUT2D eigenvalue weighted by molar-refractivity contribution is 0.447. The molecular formula is C14H17FN2. The molecule has 1 saturated carbocycles. The summed E-state index contributed by atoms with van der Waals surface area (Å²) in [7, 11) is 0. The second-order valence-corrected chi connectivity index (χ2v) is 5.00. The van der Waals surface area contributed by atoms with E-state index in [0.717, 1.165) is 16.5 Å². The zero-order valence-corrected chi connectivity index (χ0v) is 9.75. The molecule has 90 valence electrons. The largest absolute Gasteiger partial charge is 0.361 e. The van der Waals surface area contributed by atoms with Gasteiger partial charge in [-0.25, -0.2) is 4.39 Å². The quantitative estimate of drug-likeness (QED) is 0.817. The Balaban J connectivity index is 2.01. The summed E-state index contributed by atoms with van der Waals surface area (Å²) in [6, 6.07) is 4.86. The maximum Gasteiger partial charge on any atom is 0.123 e. The zero-order chi connectivity index (χ0) is 11.8. The fourth-order valence-corrected chi connectivity index (χ4v) is 2.96. The van der Waals surface area contributed by atoms with Crippen LogP contribution in [0, 0.1) is 11.7 Å². The van der Waals surface area contributed by atoms with Gasteiger partial charge in [-0.1, -0.05) is 12.8 Å². The Morgan fingerprint density at radius 1 is 1.29 bits per heavy atom. The number of hydrogen-bond donors (Lipinski definition) is 2. The van der Waals surface area contributed by atoms with Gasteiger partial charge in [-0.05, 0) is 42.5 Å². The second-order valence-electron chi connectivity index (χ2n) is 5.00. The van der Waals surface area contributed by atoms with Gasteiger partial charge in [0.05, 0.1) is 0 Å². The first kappa shape index (κ1) is 10.8. The van der Waals surface area contributed by atoms with E-state index in [1.807, 2.05) is 6.20 Å². The summed E-state index contributed by atoms with van der Waals surface area (Å²) in [6.07, 6.45) is 6.88. The normalized spacial score (nSPS) is 18.9. The van der Waals surface area contributed by atoms with E-state index in [0.29, 0.717) is 5.92 Å². The molecule has 1 heterocycles. The lowest BCUT2D eigenvalue weighted by Gasteiger charge is -2.18. The minimum Gasteiger partial charge on any atom is -0.361 e. The van der Waals surface area contributed by atoms with Crippen LogP contribution in [0.15, 0.2) is 24.4 Å². The number of nitrogens with one attached hydrogen (secondary N) is 1. The summed E-state index contributed by atoms with van der Waals surface area (Å²) in [5.41, 5.74) is 8.35. The summed E-state index contributed by atoms with van der Waals surface area (Å²) in [6.45, 7) is 0. The van der Waals surface area contributed by atoms with Gasteiger partial charge in [-0.2, -0.15) is 0 Å². The lowest BCUT2D eigenvalue weighted by Crippen LogP contribution is -2.18. The SMILES string of the molecule is NC(c1c[nH]c2ccc(F)cc12)C1CCCC1. The Morgan fingerprint density at radius 3 is 2.82 bits per heavy atom. The Morgan fingerprint density at radius 2 is 2.06 bits per heavy atom. The predicted octanol–water partition coefficient (Wildman–Crippen LogP) is 3.50. The van der Waals surface area contributed by atoms with Crippen LogP contribution < -0.4 is 5.73 Å². The molecule has 1 aliphatic rings. The average Bonchev–Trinajstić information content (AvgIpc) is 2.97. The molecule has 3 N–H and O–H groups in total. The molecule has 1 aromatic carbocycles. The highest BCUT2D eigenvalue weighted by Crippen LogP contribution is 2.36. The van der Waals surface area contributed by atoms with Gasteiger partial charge in [0.25, 0.3) is 0 Å². The van der Waals surface area contributed by atoms with Crippen LogP contribution in [-0.2, 0) is 0 Å². The van der Waals surface area contributed by atoms with Crippen LogP contribution in [-0.4, -0.2) is 4.98 Å². The van der Waals surface area contributed by atoms with Crippen LogP contribution in [0.4, 0.5) is 4.39 Å². The van der Waals surface area contributed by atoms with E-state index in [2.05, 4.69) is 4.98 Å². The minimum atomic E-state index is -0.197. The van der Waals surface area contributed by atoms with Gasteiger partial charge in [0.1, 0.15) is 5.82 Å². The fraction of sp³-hybridized carbons (Fsp3) is 0.429. The number of rotatable bonds is 2. The summed E-state index contributed by atoms with van der Waals surface area (Å²) < 4.78 is 13.3. The third-order valence-electron chi connectivity index (χ3n) is 3.94. The van der Waals surface area contributed by atoms with Gasteiger partial charge in [0.15, 0.2) is 0 Å². The number of fused-ring (bicyclic) bond motifs is 1. The summed E-state index contributed by atoms with van der Waals surface area (Å²) in [5, 5.41) is 0.935. The fourth-order valence-electron chi connectivity index (χ4n) is 2.96. The molecule has 0 radical (unpaired) electrons. The number of halogens is 1. The van der Waals surface area contributed by atoms with Gasteiger partial charge < -0.3 is 10.7 Å². The monoisotopic (exact) mass is 232 g/mol. The molecule has 3 rings (SSSR count). The second kappa shape index (κ2) is 4.15. The molecule has 3 heteroatoms. The molecule has 1 atom stereocenters. The van der Waals surface area contributed by atoms with E-state index < -0.39 is 0 Å². The highest BCUT2D eigenvalue weighted by Gasteiger charge is 2.25. The van der Waals surface area contributed by atoms with Crippen LogP contribution in [0.3, 0.4) is 0 Å². The van der Waals surface area contributed by atoms with Crippen LogP contribution >= 0.6 is 0 Å². The number of benzene rings is 1. The number of hydrogen-bond acceptors (Lipinski definition) is 1.